The summed E-state index contributed by atoms with van der Waals surface area (Å²) in [6, 6.07) is 2.01. The van der Waals surface area contributed by atoms with Gasteiger partial charge >= 0.3 is 0 Å². The van der Waals surface area contributed by atoms with Gasteiger partial charge in [-0.05, 0) is 6.42 Å². The molecule has 0 N–H and O–H groups in total. The maximum Gasteiger partial charge on any atom is 0.0645 e. The zero-order valence-corrected chi connectivity index (χ0v) is 7.79. The quantitative estimate of drug-likeness (QED) is 0.419. The fraction of sp³-hybridized carbons (Fsp3) is 0.700. The van der Waals surface area contributed by atoms with Gasteiger partial charge in [0.1, 0.15) is 0 Å². The average molecular weight is 181 g/mol. The van der Waals surface area contributed by atoms with Crippen LogP contribution in [0.15, 0.2) is 0 Å². The molecule has 0 saturated carbocycles. The summed E-state index contributed by atoms with van der Waals surface area (Å²) in [6.07, 6.45) is 7.01. The molecule has 0 aliphatic heterocycles. The third kappa shape index (κ3) is 11.0. The van der Waals surface area contributed by atoms with Gasteiger partial charge in [-0.15, -0.1) is 12.3 Å². The van der Waals surface area contributed by atoms with Crippen molar-refractivity contribution in [3.05, 3.63) is 0 Å². The van der Waals surface area contributed by atoms with Crippen molar-refractivity contribution in [3.8, 4) is 18.4 Å². The lowest BCUT2D eigenvalue weighted by atomic mass is 10.4. The molecule has 0 rings (SSSR count). The van der Waals surface area contributed by atoms with Gasteiger partial charge in [0.2, 0.25) is 0 Å². The summed E-state index contributed by atoms with van der Waals surface area (Å²) in [5.74, 6) is 2.49. The van der Waals surface area contributed by atoms with E-state index in [1.54, 1.807) is 0 Å². The highest BCUT2D eigenvalue weighted by molar-refractivity contribution is 4.82. The minimum atomic E-state index is 0.456. The van der Waals surface area contributed by atoms with E-state index in [2.05, 4.69) is 5.92 Å². The van der Waals surface area contributed by atoms with E-state index in [4.69, 9.17) is 21.2 Å². The third-order valence-corrected chi connectivity index (χ3v) is 1.33. The molecule has 0 spiro atoms. The molecule has 0 aromatic heterocycles. The summed E-state index contributed by atoms with van der Waals surface area (Å²) < 4.78 is 10.3. The Labute approximate surface area is 79.6 Å². The molecular weight excluding hydrogens is 166 g/mol. The van der Waals surface area contributed by atoms with Crippen molar-refractivity contribution in [2.75, 3.05) is 26.4 Å². The fourth-order valence-electron chi connectivity index (χ4n) is 0.716. The van der Waals surface area contributed by atoms with E-state index >= 15 is 0 Å². The smallest absolute Gasteiger partial charge is 0.0645 e. The van der Waals surface area contributed by atoms with E-state index in [1.165, 1.54) is 0 Å². The number of ether oxygens (including phenoxy) is 2. The van der Waals surface area contributed by atoms with E-state index in [-0.39, 0.29) is 0 Å². The summed E-state index contributed by atoms with van der Waals surface area (Å²) >= 11 is 0. The van der Waals surface area contributed by atoms with Crippen molar-refractivity contribution in [3.63, 3.8) is 0 Å². The van der Waals surface area contributed by atoms with Gasteiger partial charge < -0.3 is 9.47 Å². The predicted molar refractivity (Wildman–Crippen MR) is 49.9 cm³/mol. The van der Waals surface area contributed by atoms with Gasteiger partial charge in [0, 0.05) is 19.6 Å². The van der Waals surface area contributed by atoms with E-state index in [1.807, 2.05) is 6.07 Å². The Balaban J connectivity index is 2.85. The molecule has 0 aromatic rings. The molecule has 0 bridgehead atoms. The van der Waals surface area contributed by atoms with Crippen molar-refractivity contribution in [2.45, 2.75) is 19.3 Å². The van der Waals surface area contributed by atoms with Crippen LogP contribution in [0.5, 0.6) is 0 Å². The molecule has 0 aliphatic rings. The first-order valence-electron chi connectivity index (χ1n) is 4.37. The maximum atomic E-state index is 8.19. The number of hydrogen-bond donors (Lipinski definition) is 0. The second kappa shape index (κ2) is 11.0. The maximum absolute atomic E-state index is 8.19. The number of hydrogen-bond acceptors (Lipinski definition) is 3. The zero-order chi connectivity index (χ0) is 9.78. The molecule has 72 valence electrons. The normalized spacial score (nSPS) is 9.08. The van der Waals surface area contributed by atoms with Gasteiger partial charge in [-0.25, -0.2) is 0 Å². The highest BCUT2D eigenvalue weighted by Gasteiger charge is 1.89. The van der Waals surface area contributed by atoms with E-state index in [9.17, 15) is 0 Å². The van der Waals surface area contributed by atoms with E-state index in [0.29, 0.717) is 39.3 Å². The first-order valence-corrected chi connectivity index (χ1v) is 4.37. The Bertz CT molecular complexity index is 158. The van der Waals surface area contributed by atoms with Crippen molar-refractivity contribution in [2.24, 2.45) is 0 Å². The van der Waals surface area contributed by atoms with Crippen LogP contribution in [-0.4, -0.2) is 26.4 Å². The monoisotopic (exact) mass is 181 g/mol. The Morgan fingerprint density at radius 2 is 1.62 bits per heavy atom. The molecule has 0 unspecified atom stereocenters. The fourth-order valence-corrected chi connectivity index (χ4v) is 0.716. The first-order chi connectivity index (χ1) is 6.41. The summed E-state index contributed by atoms with van der Waals surface area (Å²) in [5.41, 5.74) is 0. The molecule has 0 saturated heterocycles. The molecule has 0 amide bonds. The number of nitrogens with zero attached hydrogens (tertiary/aromatic N) is 1. The van der Waals surface area contributed by atoms with Crippen LogP contribution in [0.4, 0.5) is 0 Å². The molecule has 0 aromatic carbocycles. The Hall–Kier alpha value is -1.03. The standard InChI is InChI=1S/C10H15NO2/c1-2-3-7-12-9-5-10-13-8-4-6-11/h1H,3-5,7-10H2. The molecule has 0 fully saturated rings. The van der Waals surface area contributed by atoms with Crippen LogP contribution < -0.4 is 0 Å². The number of rotatable bonds is 8. The summed E-state index contributed by atoms with van der Waals surface area (Å²) in [5, 5.41) is 8.19. The Morgan fingerprint density at radius 1 is 1.00 bits per heavy atom. The minimum Gasteiger partial charge on any atom is -0.380 e. The van der Waals surface area contributed by atoms with Gasteiger partial charge in [0.05, 0.1) is 25.7 Å². The molecule has 0 heterocycles. The molecule has 0 radical (unpaired) electrons. The predicted octanol–water partition coefficient (Wildman–Crippen LogP) is 1.35. The highest BCUT2D eigenvalue weighted by atomic mass is 16.5. The Morgan fingerprint density at radius 3 is 2.15 bits per heavy atom. The van der Waals surface area contributed by atoms with Gasteiger partial charge in [-0.3, -0.25) is 0 Å². The van der Waals surface area contributed by atoms with Crippen LogP contribution in [0, 0.1) is 23.7 Å². The van der Waals surface area contributed by atoms with Crippen LogP contribution in [0.2, 0.25) is 0 Å². The second-order valence-corrected chi connectivity index (χ2v) is 2.44. The average Bonchev–Trinajstić information content (AvgIpc) is 2.16. The van der Waals surface area contributed by atoms with Crippen LogP contribution in [0.25, 0.3) is 0 Å². The van der Waals surface area contributed by atoms with Gasteiger partial charge in [0.25, 0.3) is 0 Å². The van der Waals surface area contributed by atoms with Crippen molar-refractivity contribution < 1.29 is 9.47 Å². The van der Waals surface area contributed by atoms with Gasteiger partial charge in [0.15, 0.2) is 0 Å². The SMILES string of the molecule is C#CCCOCCCOCCC#N. The molecule has 0 atom stereocenters. The van der Waals surface area contributed by atoms with E-state index < -0.39 is 0 Å². The molecular formula is C10H15NO2. The van der Waals surface area contributed by atoms with Crippen molar-refractivity contribution in [1.82, 2.24) is 0 Å². The largest absolute Gasteiger partial charge is 0.380 e. The number of nitriles is 1. The minimum absolute atomic E-state index is 0.456. The summed E-state index contributed by atoms with van der Waals surface area (Å²) in [6.45, 7) is 2.46. The molecule has 3 heteroatoms. The summed E-state index contributed by atoms with van der Waals surface area (Å²) in [4.78, 5) is 0. The molecule has 0 aliphatic carbocycles. The topological polar surface area (TPSA) is 42.2 Å². The summed E-state index contributed by atoms with van der Waals surface area (Å²) in [7, 11) is 0. The van der Waals surface area contributed by atoms with E-state index in [0.717, 1.165) is 6.42 Å². The van der Waals surface area contributed by atoms with Gasteiger partial charge in [-0.1, -0.05) is 0 Å². The van der Waals surface area contributed by atoms with Crippen molar-refractivity contribution >= 4 is 0 Å². The lowest BCUT2D eigenvalue weighted by Gasteiger charge is -2.02. The lowest BCUT2D eigenvalue weighted by Crippen LogP contribution is -2.02. The molecule has 13 heavy (non-hydrogen) atoms. The van der Waals surface area contributed by atoms with Crippen LogP contribution >= 0.6 is 0 Å². The Kier molecular flexibility index (Phi) is 10.1. The van der Waals surface area contributed by atoms with Gasteiger partial charge in [-0.2, -0.15) is 5.26 Å². The van der Waals surface area contributed by atoms with Crippen molar-refractivity contribution in [1.29, 1.82) is 5.26 Å². The lowest BCUT2D eigenvalue weighted by molar-refractivity contribution is 0.0874. The van der Waals surface area contributed by atoms with Crippen LogP contribution in [0.3, 0.4) is 0 Å². The zero-order valence-electron chi connectivity index (χ0n) is 7.79. The van der Waals surface area contributed by atoms with Crippen LogP contribution in [0.1, 0.15) is 19.3 Å². The molecule has 3 nitrogen and oxygen atoms in total. The second-order valence-electron chi connectivity index (χ2n) is 2.44. The first kappa shape index (κ1) is 12.0. The van der Waals surface area contributed by atoms with Crippen LogP contribution in [-0.2, 0) is 9.47 Å². The third-order valence-electron chi connectivity index (χ3n) is 1.33. The number of terminal acetylenes is 1. The highest BCUT2D eigenvalue weighted by Crippen LogP contribution is 1.88.